The molecule has 1 aliphatic heterocycles. The van der Waals surface area contributed by atoms with Crippen molar-refractivity contribution in [3.05, 3.63) is 29.3 Å². The van der Waals surface area contributed by atoms with E-state index in [2.05, 4.69) is 5.32 Å². The molecule has 1 fully saturated rings. The van der Waals surface area contributed by atoms with Crippen molar-refractivity contribution in [1.29, 1.82) is 0 Å². The average molecular weight is 271 g/mol. The van der Waals surface area contributed by atoms with Gasteiger partial charge in [-0.1, -0.05) is 6.07 Å². The third-order valence-electron chi connectivity index (χ3n) is 3.00. The highest BCUT2D eigenvalue weighted by Gasteiger charge is 2.18. The maximum atomic E-state index is 12.1. The smallest absolute Gasteiger partial charge is 0.251 e. The lowest BCUT2D eigenvalue weighted by atomic mass is 10.1. The van der Waals surface area contributed by atoms with Crippen molar-refractivity contribution < 1.29 is 9.53 Å². The van der Waals surface area contributed by atoms with E-state index in [1.54, 1.807) is 12.1 Å². The highest BCUT2D eigenvalue weighted by Crippen LogP contribution is 2.14. The molecule has 0 saturated carbocycles. The van der Waals surface area contributed by atoms with Gasteiger partial charge in [0.05, 0.1) is 12.6 Å². The molecule has 1 heterocycles. The number of nitrogens with one attached hydrogen (secondary N) is 1. The summed E-state index contributed by atoms with van der Waals surface area (Å²) >= 11 is 0. The molecule has 1 saturated heterocycles. The van der Waals surface area contributed by atoms with Crippen LogP contribution in [0.1, 0.15) is 28.8 Å². The second kappa shape index (κ2) is 6.61. The van der Waals surface area contributed by atoms with E-state index in [9.17, 15) is 4.79 Å². The summed E-state index contributed by atoms with van der Waals surface area (Å²) in [7, 11) is 0. The van der Waals surface area contributed by atoms with Gasteiger partial charge in [-0.05, 0) is 37.5 Å². The molecule has 5 heteroatoms. The first kappa shape index (κ1) is 14.8. The minimum Gasteiger partial charge on any atom is -0.399 e. The van der Waals surface area contributed by atoms with E-state index in [0.29, 0.717) is 17.9 Å². The Morgan fingerprint density at radius 1 is 1.50 bits per heavy atom. The van der Waals surface area contributed by atoms with Crippen molar-refractivity contribution in [2.24, 2.45) is 0 Å². The maximum absolute atomic E-state index is 12.1. The highest BCUT2D eigenvalue weighted by molar-refractivity contribution is 5.96. The molecular formula is C13H19ClN2O2. The van der Waals surface area contributed by atoms with Gasteiger partial charge in [0, 0.05) is 17.9 Å². The monoisotopic (exact) mass is 270 g/mol. The number of nitrogens with two attached hydrogens (primary N) is 1. The second-order valence-corrected chi connectivity index (χ2v) is 4.46. The number of carbonyl (C=O) groups excluding carboxylic acids is 1. The van der Waals surface area contributed by atoms with Crippen LogP contribution in [-0.2, 0) is 4.74 Å². The van der Waals surface area contributed by atoms with Crippen LogP contribution in [0.3, 0.4) is 0 Å². The molecular weight excluding hydrogens is 252 g/mol. The number of aryl methyl sites for hydroxylation is 1. The molecule has 3 N–H and O–H groups in total. The number of hydrogen-bond donors (Lipinski definition) is 2. The number of anilines is 1. The molecule has 1 amide bonds. The van der Waals surface area contributed by atoms with Crippen LogP contribution < -0.4 is 11.1 Å². The highest BCUT2D eigenvalue weighted by atomic mass is 35.5. The lowest BCUT2D eigenvalue weighted by Crippen LogP contribution is -2.40. The quantitative estimate of drug-likeness (QED) is 0.807. The number of halogens is 1. The first-order valence-electron chi connectivity index (χ1n) is 5.91. The van der Waals surface area contributed by atoms with Crippen molar-refractivity contribution in [2.45, 2.75) is 25.8 Å². The van der Waals surface area contributed by atoms with E-state index in [1.807, 2.05) is 13.0 Å². The van der Waals surface area contributed by atoms with E-state index < -0.39 is 0 Å². The van der Waals surface area contributed by atoms with Gasteiger partial charge in [0.25, 0.3) is 5.91 Å². The Bertz CT molecular complexity index is 417. The van der Waals surface area contributed by atoms with E-state index >= 15 is 0 Å². The molecule has 1 aromatic rings. The Labute approximate surface area is 113 Å². The molecule has 0 radical (unpaired) electrons. The summed E-state index contributed by atoms with van der Waals surface area (Å²) in [4.78, 5) is 12.1. The lowest BCUT2D eigenvalue weighted by Gasteiger charge is -2.23. The van der Waals surface area contributed by atoms with E-state index in [-0.39, 0.29) is 24.4 Å². The molecule has 0 bridgehead atoms. The summed E-state index contributed by atoms with van der Waals surface area (Å²) in [5.41, 5.74) is 7.89. The van der Waals surface area contributed by atoms with Crippen LogP contribution in [0.15, 0.2) is 18.2 Å². The predicted molar refractivity (Wildman–Crippen MR) is 74.1 cm³/mol. The van der Waals surface area contributed by atoms with Crippen molar-refractivity contribution in [2.75, 3.05) is 18.9 Å². The molecule has 2 rings (SSSR count). The topological polar surface area (TPSA) is 64.4 Å². The third-order valence-corrected chi connectivity index (χ3v) is 3.00. The van der Waals surface area contributed by atoms with Crippen LogP contribution in [0.5, 0.6) is 0 Å². The van der Waals surface area contributed by atoms with Gasteiger partial charge in [0.15, 0.2) is 0 Å². The van der Waals surface area contributed by atoms with Crippen LogP contribution >= 0.6 is 12.4 Å². The van der Waals surface area contributed by atoms with Crippen LogP contribution in [-0.4, -0.2) is 25.2 Å². The second-order valence-electron chi connectivity index (χ2n) is 4.46. The van der Waals surface area contributed by atoms with Gasteiger partial charge in [-0.2, -0.15) is 0 Å². The van der Waals surface area contributed by atoms with Crippen molar-refractivity contribution in [3.8, 4) is 0 Å². The van der Waals surface area contributed by atoms with Crippen LogP contribution in [0.4, 0.5) is 5.69 Å². The zero-order chi connectivity index (χ0) is 12.3. The first-order valence-corrected chi connectivity index (χ1v) is 5.91. The molecule has 100 valence electrons. The van der Waals surface area contributed by atoms with Gasteiger partial charge in [0.1, 0.15) is 0 Å². The van der Waals surface area contributed by atoms with Crippen molar-refractivity contribution in [1.82, 2.24) is 5.32 Å². The summed E-state index contributed by atoms with van der Waals surface area (Å²) in [6, 6.07) is 5.50. The van der Waals surface area contributed by atoms with Crippen molar-refractivity contribution in [3.63, 3.8) is 0 Å². The minimum absolute atomic E-state index is 0. The van der Waals surface area contributed by atoms with Gasteiger partial charge in [-0.25, -0.2) is 0 Å². The fourth-order valence-electron chi connectivity index (χ4n) is 2.00. The average Bonchev–Trinajstić information content (AvgIpc) is 2.33. The number of amides is 1. The Hall–Kier alpha value is -1.26. The summed E-state index contributed by atoms with van der Waals surface area (Å²) in [6.45, 7) is 3.31. The van der Waals surface area contributed by atoms with E-state index in [4.69, 9.17) is 10.5 Å². The van der Waals surface area contributed by atoms with Crippen LogP contribution in [0.2, 0.25) is 0 Å². The SMILES string of the molecule is Cc1ccc(N)cc1C(=O)NC1CCCOC1.Cl. The number of nitrogen functional groups attached to an aromatic ring is 1. The van der Waals surface area contributed by atoms with Gasteiger partial charge < -0.3 is 15.8 Å². The summed E-state index contributed by atoms with van der Waals surface area (Å²) in [6.07, 6.45) is 1.98. The molecule has 4 nitrogen and oxygen atoms in total. The van der Waals surface area contributed by atoms with Gasteiger partial charge in [-0.15, -0.1) is 12.4 Å². The van der Waals surface area contributed by atoms with E-state index in [0.717, 1.165) is 25.0 Å². The predicted octanol–water partition coefficient (Wildman–Crippen LogP) is 1.91. The fraction of sp³-hybridized carbons (Fsp3) is 0.462. The molecule has 1 unspecified atom stereocenters. The molecule has 1 aromatic carbocycles. The standard InChI is InChI=1S/C13H18N2O2.ClH/c1-9-4-5-10(14)7-12(9)13(16)15-11-3-2-6-17-8-11;/h4-5,7,11H,2-3,6,8,14H2,1H3,(H,15,16);1H. The lowest BCUT2D eigenvalue weighted by molar-refractivity contribution is 0.0624. The third kappa shape index (κ3) is 3.62. The van der Waals surface area contributed by atoms with E-state index in [1.165, 1.54) is 0 Å². The zero-order valence-corrected chi connectivity index (χ0v) is 11.3. The maximum Gasteiger partial charge on any atom is 0.251 e. The van der Waals surface area contributed by atoms with Crippen molar-refractivity contribution >= 4 is 24.0 Å². The Morgan fingerprint density at radius 3 is 2.94 bits per heavy atom. The minimum atomic E-state index is -0.0645. The zero-order valence-electron chi connectivity index (χ0n) is 10.4. The molecule has 0 spiro atoms. The van der Waals surface area contributed by atoms with Crippen LogP contribution in [0, 0.1) is 6.92 Å². The largest absolute Gasteiger partial charge is 0.399 e. The summed E-state index contributed by atoms with van der Waals surface area (Å²) < 4.78 is 5.33. The van der Waals surface area contributed by atoms with Crippen LogP contribution in [0.25, 0.3) is 0 Å². The summed E-state index contributed by atoms with van der Waals surface area (Å²) in [5, 5.41) is 2.98. The number of rotatable bonds is 2. The molecule has 1 atom stereocenters. The molecule has 18 heavy (non-hydrogen) atoms. The summed E-state index contributed by atoms with van der Waals surface area (Å²) in [5.74, 6) is -0.0645. The number of benzene rings is 1. The Balaban J connectivity index is 0.00000162. The van der Waals surface area contributed by atoms with Gasteiger partial charge >= 0.3 is 0 Å². The fourth-order valence-corrected chi connectivity index (χ4v) is 2.00. The van der Waals surface area contributed by atoms with Gasteiger partial charge in [-0.3, -0.25) is 4.79 Å². The van der Waals surface area contributed by atoms with Gasteiger partial charge in [0.2, 0.25) is 0 Å². The normalized spacial score (nSPS) is 18.8. The Morgan fingerprint density at radius 2 is 2.28 bits per heavy atom. The molecule has 0 aliphatic carbocycles. The number of carbonyl (C=O) groups is 1. The molecule has 1 aliphatic rings. The molecule has 0 aromatic heterocycles. The number of ether oxygens (including phenoxy) is 1. The first-order chi connectivity index (χ1) is 8.16. The number of hydrogen-bond acceptors (Lipinski definition) is 3. The Kier molecular flexibility index (Phi) is 5.44.